The molecular formula is C17H21N3O3S. The highest BCUT2D eigenvalue weighted by molar-refractivity contribution is 7.14. The molecule has 1 atom stereocenters. The SMILES string of the molecule is Cc1cc(C)n(CCNC(=O)c2ccc([C@@H]3CCCO3)s2)c(=O)n1. The number of aromatic nitrogens is 2. The number of aryl methyl sites for hydroxylation is 2. The molecule has 1 amide bonds. The van der Waals surface area contributed by atoms with Crippen LogP contribution >= 0.6 is 11.3 Å². The van der Waals surface area contributed by atoms with Crippen LogP contribution in [0, 0.1) is 13.8 Å². The summed E-state index contributed by atoms with van der Waals surface area (Å²) in [5.74, 6) is -0.116. The highest BCUT2D eigenvalue weighted by Crippen LogP contribution is 2.33. The Morgan fingerprint density at radius 1 is 1.46 bits per heavy atom. The fourth-order valence-corrected chi connectivity index (χ4v) is 3.87. The Morgan fingerprint density at radius 2 is 2.29 bits per heavy atom. The lowest BCUT2D eigenvalue weighted by molar-refractivity contribution is 0.0956. The molecule has 24 heavy (non-hydrogen) atoms. The molecule has 0 spiro atoms. The van der Waals surface area contributed by atoms with Crippen LogP contribution in [-0.2, 0) is 11.3 Å². The van der Waals surface area contributed by atoms with Crippen LogP contribution in [0.4, 0.5) is 0 Å². The van der Waals surface area contributed by atoms with Gasteiger partial charge in [-0.15, -0.1) is 11.3 Å². The van der Waals surface area contributed by atoms with Gasteiger partial charge >= 0.3 is 5.69 Å². The quantitative estimate of drug-likeness (QED) is 0.900. The van der Waals surface area contributed by atoms with Gasteiger partial charge in [0.05, 0.1) is 11.0 Å². The minimum atomic E-state index is -0.279. The molecule has 128 valence electrons. The maximum Gasteiger partial charge on any atom is 0.348 e. The summed E-state index contributed by atoms with van der Waals surface area (Å²) in [5.41, 5.74) is 1.27. The summed E-state index contributed by atoms with van der Waals surface area (Å²) in [7, 11) is 0. The summed E-state index contributed by atoms with van der Waals surface area (Å²) >= 11 is 1.47. The molecule has 1 aliphatic rings. The van der Waals surface area contributed by atoms with Crippen LogP contribution in [0.25, 0.3) is 0 Å². The van der Waals surface area contributed by atoms with Gasteiger partial charge in [-0.3, -0.25) is 9.36 Å². The second-order valence-corrected chi connectivity index (χ2v) is 7.05. The second kappa shape index (κ2) is 7.27. The van der Waals surface area contributed by atoms with Crippen molar-refractivity contribution in [2.75, 3.05) is 13.2 Å². The number of amides is 1. The van der Waals surface area contributed by atoms with Crippen molar-refractivity contribution in [1.29, 1.82) is 0 Å². The van der Waals surface area contributed by atoms with E-state index in [4.69, 9.17) is 4.74 Å². The Bertz CT molecular complexity index is 791. The van der Waals surface area contributed by atoms with Gasteiger partial charge in [0.25, 0.3) is 5.91 Å². The normalized spacial score (nSPS) is 17.2. The fraction of sp³-hybridized carbons (Fsp3) is 0.471. The average Bonchev–Trinajstić information content (AvgIpc) is 3.19. The van der Waals surface area contributed by atoms with Gasteiger partial charge in [-0.2, -0.15) is 4.98 Å². The molecule has 0 saturated carbocycles. The topological polar surface area (TPSA) is 73.2 Å². The van der Waals surface area contributed by atoms with Crippen molar-refractivity contribution in [1.82, 2.24) is 14.9 Å². The summed E-state index contributed by atoms with van der Waals surface area (Å²) in [5, 5.41) is 2.86. The van der Waals surface area contributed by atoms with Crippen molar-refractivity contribution in [3.63, 3.8) is 0 Å². The predicted octanol–water partition coefficient (Wildman–Crippen LogP) is 2.20. The lowest BCUT2D eigenvalue weighted by Gasteiger charge is -2.10. The molecule has 0 aliphatic carbocycles. The lowest BCUT2D eigenvalue weighted by atomic mass is 10.2. The van der Waals surface area contributed by atoms with Crippen molar-refractivity contribution < 1.29 is 9.53 Å². The molecule has 6 nitrogen and oxygen atoms in total. The molecule has 0 aromatic carbocycles. The Hall–Kier alpha value is -1.99. The predicted molar refractivity (Wildman–Crippen MR) is 92.6 cm³/mol. The maximum absolute atomic E-state index is 12.2. The zero-order valence-corrected chi connectivity index (χ0v) is 14.7. The molecule has 3 heterocycles. The third-order valence-corrected chi connectivity index (χ3v) is 5.24. The molecule has 1 aliphatic heterocycles. The standard InChI is InChI=1S/C17H21N3O3S/c1-11-10-12(2)20(17(22)19-11)8-7-18-16(21)15-6-5-14(24-15)13-4-3-9-23-13/h5-6,10,13H,3-4,7-9H2,1-2H3,(H,18,21)/t13-/m0/s1. The Labute approximate surface area is 144 Å². The van der Waals surface area contributed by atoms with Crippen LogP contribution in [0.5, 0.6) is 0 Å². The zero-order valence-electron chi connectivity index (χ0n) is 13.9. The van der Waals surface area contributed by atoms with E-state index in [1.807, 2.05) is 25.1 Å². The van der Waals surface area contributed by atoms with E-state index in [2.05, 4.69) is 10.3 Å². The minimum absolute atomic E-state index is 0.116. The molecule has 0 unspecified atom stereocenters. The largest absolute Gasteiger partial charge is 0.373 e. The molecule has 2 aromatic rings. The molecule has 1 N–H and O–H groups in total. The molecule has 1 saturated heterocycles. The second-order valence-electron chi connectivity index (χ2n) is 5.93. The fourth-order valence-electron chi connectivity index (χ4n) is 2.86. The lowest BCUT2D eigenvalue weighted by Crippen LogP contribution is -2.32. The Morgan fingerprint density at radius 3 is 3.00 bits per heavy atom. The smallest absolute Gasteiger partial charge is 0.348 e. The van der Waals surface area contributed by atoms with Crippen LogP contribution in [0.2, 0.25) is 0 Å². The average molecular weight is 347 g/mol. The summed E-state index contributed by atoms with van der Waals surface area (Å²) in [4.78, 5) is 29.8. The van der Waals surface area contributed by atoms with E-state index in [1.54, 1.807) is 11.5 Å². The zero-order chi connectivity index (χ0) is 17.1. The van der Waals surface area contributed by atoms with E-state index in [-0.39, 0.29) is 17.7 Å². The number of nitrogens with one attached hydrogen (secondary N) is 1. The van der Waals surface area contributed by atoms with E-state index in [0.29, 0.717) is 23.7 Å². The Kier molecular flexibility index (Phi) is 5.11. The van der Waals surface area contributed by atoms with Crippen molar-refractivity contribution in [3.8, 4) is 0 Å². The molecule has 1 fully saturated rings. The van der Waals surface area contributed by atoms with Crippen molar-refractivity contribution in [2.45, 2.75) is 39.3 Å². The highest BCUT2D eigenvalue weighted by atomic mass is 32.1. The first kappa shape index (κ1) is 16.9. The van der Waals surface area contributed by atoms with E-state index in [9.17, 15) is 9.59 Å². The molecule has 3 rings (SSSR count). The highest BCUT2D eigenvalue weighted by Gasteiger charge is 2.20. The van der Waals surface area contributed by atoms with E-state index >= 15 is 0 Å². The van der Waals surface area contributed by atoms with Crippen LogP contribution in [0.3, 0.4) is 0 Å². The van der Waals surface area contributed by atoms with Gasteiger partial charge in [0.2, 0.25) is 0 Å². The maximum atomic E-state index is 12.2. The number of rotatable bonds is 5. The van der Waals surface area contributed by atoms with Crippen molar-refractivity contribution in [2.24, 2.45) is 0 Å². The number of carbonyl (C=O) groups excluding carboxylic acids is 1. The van der Waals surface area contributed by atoms with Crippen LogP contribution < -0.4 is 11.0 Å². The van der Waals surface area contributed by atoms with Gasteiger partial charge in [-0.05, 0) is 44.9 Å². The van der Waals surface area contributed by atoms with Gasteiger partial charge < -0.3 is 10.1 Å². The molecule has 0 radical (unpaired) electrons. The monoisotopic (exact) mass is 347 g/mol. The van der Waals surface area contributed by atoms with E-state index < -0.39 is 0 Å². The summed E-state index contributed by atoms with van der Waals surface area (Å²) in [6.45, 7) is 5.25. The molecule has 7 heteroatoms. The van der Waals surface area contributed by atoms with E-state index in [1.165, 1.54) is 11.3 Å². The minimum Gasteiger partial charge on any atom is -0.373 e. The summed E-state index contributed by atoms with van der Waals surface area (Å²) in [6, 6.07) is 5.66. The van der Waals surface area contributed by atoms with Gasteiger partial charge in [-0.1, -0.05) is 0 Å². The van der Waals surface area contributed by atoms with Gasteiger partial charge in [-0.25, -0.2) is 4.79 Å². The first-order valence-electron chi connectivity index (χ1n) is 8.09. The van der Waals surface area contributed by atoms with Gasteiger partial charge in [0, 0.05) is 36.0 Å². The first-order valence-corrected chi connectivity index (χ1v) is 8.91. The number of nitrogens with zero attached hydrogens (tertiary/aromatic N) is 2. The molecule has 2 aromatic heterocycles. The number of hydrogen-bond donors (Lipinski definition) is 1. The summed E-state index contributed by atoms with van der Waals surface area (Å²) in [6.07, 6.45) is 2.23. The number of hydrogen-bond acceptors (Lipinski definition) is 5. The van der Waals surface area contributed by atoms with Crippen molar-refractivity contribution in [3.05, 3.63) is 49.8 Å². The number of carbonyl (C=O) groups is 1. The molecule has 0 bridgehead atoms. The Balaban J connectivity index is 1.57. The third-order valence-electron chi connectivity index (χ3n) is 4.06. The third kappa shape index (κ3) is 3.73. The van der Waals surface area contributed by atoms with E-state index in [0.717, 1.165) is 30.0 Å². The van der Waals surface area contributed by atoms with Crippen LogP contribution in [0.1, 0.15) is 44.9 Å². The van der Waals surface area contributed by atoms with Crippen molar-refractivity contribution >= 4 is 17.2 Å². The first-order chi connectivity index (χ1) is 11.5. The number of thiophene rings is 1. The number of ether oxygens (including phenoxy) is 1. The van der Waals surface area contributed by atoms with Gasteiger partial charge in [0.15, 0.2) is 0 Å². The van der Waals surface area contributed by atoms with Crippen LogP contribution in [0.15, 0.2) is 23.0 Å². The van der Waals surface area contributed by atoms with Gasteiger partial charge in [0.1, 0.15) is 0 Å². The summed E-state index contributed by atoms with van der Waals surface area (Å²) < 4.78 is 7.21. The molecular weight excluding hydrogens is 326 g/mol. The van der Waals surface area contributed by atoms with Crippen LogP contribution in [-0.4, -0.2) is 28.6 Å².